The van der Waals surface area contributed by atoms with Crippen LogP contribution in [0.5, 0.6) is 5.88 Å². The summed E-state index contributed by atoms with van der Waals surface area (Å²) in [6.07, 6.45) is 0.878. The van der Waals surface area contributed by atoms with E-state index in [9.17, 15) is 13.9 Å². The molecule has 0 saturated heterocycles. The third-order valence-corrected chi connectivity index (χ3v) is 3.45. The maximum Gasteiger partial charge on any atom is 0.251 e. The number of nitrogens with zero attached hydrogens (tertiary/aromatic N) is 5. The minimum Gasteiger partial charge on any atom is -0.491 e. The van der Waals surface area contributed by atoms with Crippen molar-refractivity contribution in [3.63, 3.8) is 0 Å². The molecular formula is C16H15F2N5O. The van der Waals surface area contributed by atoms with Crippen molar-refractivity contribution in [1.29, 1.82) is 0 Å². The molecule has 8 heteroatoms. The number of anilines is 1. The molecule has 0 radical (unpaired) electrons. The van der Waals surface area contributed by atoms with Gasteiger partial charge in [0.05, 0.1) is 12.7 Å². The summed E-state index contributed by atoms with van der Waals surface area (Å²) in [6.45, 7) is 0.216. The maximum atomic E-state index is 13.9. The predicted octanol–water partition coefficient (Wildman–Crippen LogP) is 2.44. The van der Waals surface area contributed by atoms with Gasteiger partial charge in [0.25, 0.3) is 5.88 Å². The first-order chi connectivity index (χ1) is 11.5. The van der Waals surface area contributed by atoms with Crippen molar-refractivity contribution in [2.75, 3.05) is 19.0 Å². The highest BCUT2D eigenvalue weighted by atomic mass is 19.1. The van der Waals surface area contributed by atoms with Crippen molar-refractivity contribution in [1.82, 2.24) is 19.7 Å². The predicted molar refractivity (Wildman–Crippen MR) is 84.7 cm³/mol. The number of halogens is 2. The first-order valence-electron chi connectivity index (χ1n) is 7.16. The maximum absolute atomic E-state index is 13.9. The van der Waals surface area contributed by atoms with Gasteiger partial charge in [-0.2, -0.15) is 14.5 Å². The molecule has 3 rings (SSSR count). The number of hydrogen-bond acceptors (Lipinski definition) is 5. The first-order valence-corrected chi connectivity index (χ1v) is 7.16. The Balaban J connectivity index is 2.02. The summed E-state index contributed by atoms with van der Waals surface area (Å²) in [4.78, 5) is 9.32. The number of aromatic nitrogens is 4. The Bertz CT molecular complexity index is 879. The van der Waals surface area contributed by atoms with Gasteiger partial charge in [0.1, 0.15) is 17.3 Å². The van der Waals surface area contributed by atoms with Crippen LogP contribution in [0.1, 0.15) is 5.56 Å². The lowest BCUT2D eigenvalue weighted by Crippen LogP contribution is -2.16. The van der Waals surface area contributed by atoms with Crippen molar-refractivity contribution < 1.29 is 13.9 Å². The van der Waals surface area contributed by atoms with E-state index in [1.54, 1.807) is 33.8 Å². The fourth-order valence-electron chi connectivity index (χ4n) is 2.26. The molecule has 2 aromatic heterocycles. The van der Waals surface area contributed by atoms with Crippen LogP contribution < -0.4 is 4.90 Å². The average molecular weight is 331 g/mol. The van der Waals surface area contributed by atoms with Crippen LogP contribution in [0, 0.1) is 11.6 Å². The monoisotopic (exact) mass is 331 g/mol. The van der Waals surface area contributed by atoms with Gasteiger partial charge in [-0.15, -0.1) is 0 Å². The Hall–Kier alpha value is -3.03. The first kappa shape index (κ1) is 15.9. The van der Waals surface area contributed by atoms with Gasteiger partial charge in [0.2, 0.25) is 5.82 Å². The van der Waals surface area contributed by atoms with Crippen molar-refractivity contribution in [2.24, 2.45) is 0 Å². The Labute approximate surface area is 137 Å². The highest BCUT2D eigenvalue weighted by Crippen LogP contribution is 2.24. The SMILES string of the molecule is CN(C)c1cc(-c2ncc(F)c(O)n2)nn1Cc1ccccc1F. The zero-order chi connectivity index (χ0) is 17.3. The van der Waals surface area contributed by atoms with Crippen LogP contribution in [0.25, 0.3) is 11.5 Å². The number of benzene rings is 1. The van der Waals surface area contributed by atoms with Crippen LogP contribution in [-0.4, -0.2) is 39.0 Å². The van der Waals surface area contributed by atoms with Gasteiger partial charge >= 0.3 is 0 Å². The van der Waals surface area contributed by atoms with Gasteiger partial charge < -0.3 is 10.0 Å². The third kappa shape index (κ3) is 3.03. The molecular weight excluding hydrogens is 316 g/mol. The zero-order valence-corrected chi connectivity index (χ0v) is 13.1. The molecule has 0 spiro atoms. The Morgan fingerprint density at radius 3 is 2.58 bits per heavy atom. The second-order valence-electron chi connectivity index (χ2n) is 5.40. The second kappa shape index (κ2) is 6.23. The molecule has 124 valence electrons. The summed E-state index contributed by atoms with van der Waals surface area (Å²) >= 11 is 0. The summed E-state index contributed by atoms with van der Waals surface area (Å²) in [5.74, 6) is -1.19. The van der Waals surface area contributed by atoms with E-state index in [2.05, 4.69) is 15.1 Å². The molecule has 0 amide bonds. The van der Waals surface area contributed by atoms with Crippen LogP contribution >= 0.6 is 0 Å². The average Bonchev–Trinajstić information content (AvgIpc) is 2.96. The number of rotatable bonds is 4. The van der Waals surface area contributed by atoms with E-state index in [-0.39, 0.29) is 18.2 Å². The molecule has 2 heterocycles. The van der Waals surface area contributed by atoms with Crippen molar-refractivity contribution in [3.8, 4) is 17.4 Å². The Morgan fingerprint density at radius 2 is 1.92 bits per heavy atom. The fourth-order valence-corrected chi connectivity index (χ4v) is 2.26. The van der Waals surface area contributed by atoms with Crippen molar-refractivity contribution in [3.05, 3.63) is 53.7 Å². The van der Waals surface area contributed by atoms with Crippen molar-refractivity contribution >= 4 is 5.82 Å². The number of aromatic hydroxyl groups is 1. The molecule has 0 saturated carbocycles. The van der Waals surface area contributed by atoms with Crippen LogP contribution in [0.3, 0.4) is 0 Å². The molecule has 0 unspecified atom stereocenters. The molecule has 1 N–H and O–H groups in total. The molecule has 0 fully saturated rings. The lowest BCUT2D eigenvalue weighted by atomic mass is 10.2. The molecule has 0 bridgehead atoms. The smallest absolute Gasteiger partial charge is 0.251 e. The third-order valence-electron chi connectivity index (χ3n) is 3.45. The molecule has 0 atom stereocenters. The van der Waals surface area contributed by atoms with Crippen LogP contribution in [0.15, 0.2) is 36.5 Å². The molecule has 0 aliphatic heterocycles. The quantitative estimate of drug-likeness (QED) is 0.795. The summed E-state index contributed by atoms with van der Waals surface area (Å²) in [5, 5.41) is 13.8. The van der Waals surface area contributed by atoms with Gasteiger partial charge in [-0.1, -0.05) is 18.2 Å². The molecule has 0 aliphatic carbocycles. The van der Waals surface area contributed by atoms with Gasteiger partial charge in [-0.25, -0.2) is 14.1 Å². The van der Waals surface area contributed by atoms with Gasteiger partial charge in [0, 0.05) is 25.7 Å². The van der Waals surface area contributed by atoms with E-state index >= 15 is 0 Å². The lowest BCUT2D eigenvalue weighted by Gasteiger charge is -2.14. The largest absolute Gasteiger partial charge is 0.491 e. The van der Waals surface area contributed by atoms with E-state index < -0.39 is 11.7 Å². The van der Waals surface area contributed by atoms with E-state index in [0.29, 0.717) is 17.1 Å². The van der Waals surface area contributed by atoms with E-state index in [0.717, 1.165) is 6.20 Å². The van der Waals surface area contributed by atoms with E-state index in [1.807, 2.05) is 14.1 Å². The van der Waals surface area contributed by atoms with Gasteiger partial charge in [0.15, 0.2) is 5.82 Å². The van der Waals surface area contributed by atoms with Crippen LogP contribution in [0.4, 0.5) is 14.6 Å². The highest BCUT2D eigenvalue weighted by molar-refractivity contribution is 5.57. The lowest BCUT2D eigenvalue weighted by molar-refractivity contribution is 0.409. The fraction of sp³-hybridized carbons (Fsp3) is 0.188. The second-order valence-corrected chi connectivity index (χ2v) is 5.40. The molecule has 0 aliphatic rings. The molecule has 24 heavy (non-hydrogen) atoms. The van der Waals surface area contributed by atoms with E-state index in [4.69, 9.17) is 0 Å². The Morgan fingerprint density at radius 1 is 1.17 bits per heavy atom. The normalized spacial score (nSPS) is 10.8. The minimum absolute atomic E-state index is 0.0873. The minimum atomic E-state index is -0.905. The van der Waals surface area contributed by atoms with Gasteiger partial charge in [-0.05, 0) is 6.07 Å². The van der Waals surface area contributed by atoms with Gasteiger partial charge in [-0.3, -0.25) is 0 Å². The van der Waals surface area contributed by atoms with E-state index in [1.165, 1.54) is 6.07 Å². The van der Waals surface area contributed by atoms with Crippen LogP contribution in [0.2, 0.25) is 0 Å². The topological polar surface area (TPSA) is 67.1 Å². The standard InChI is InChI=1S/C16H15F2N5O/c1-22(2)14-7-13(15-19-8-12(18)16(24)20-15)21-23(14)9-10-5-3-4-6-11(10)17/h3-8H,9H2,1-2H3,(H,19,20,24). The van der Waals surface area contributed by atoms with Crippen LogP contribution in [-0.2, 0) is 6.54 Å². The molecule has 3 aromatic rings. The summed E-state index contributed by atoms with van der Waals surface area (Å²) < 4.78 is 28.6. The molecule has 6 nitrogen and oxygen atoms in total. The Kier molecular flexibility index (Phi) is 4.11. The molecule has 1 aromatic carbocycles. The summed E-state index contributed by atoms with van der Waals surface area (Å²) in [6, 6.07) is 8.12. The highest BCUT2D eigenvalue weighted by Gasteiger charge is 2.16. The number of hydrogen-bond donors (Lipinski definition) is 1. The summed E-state index contributed by atoms with van der Waals surface area (Å²) in [7, 11) is 3.64. The van der Waals surface area contributed by atoms with Crippen molar-refractivity contribution in [2.45, 2.75) is 6.54 Å². The summed E-state index contributed by atoms with van der Waals surface area (Å²) in [5.41, 5.74) is 0.837. The zero-order valence-electron chi connectivity index (χ0n) is 13.1.